The van der Waals surface area contributed by atoms with Crippen LogP contribution in [0.25, 0.3) is 4.91 Å². The Morgan fingerprint density at radius 3 is 2.35 bits per heavy atom. The van der Waals surface area contributed by atoms with Crippen molar-refractivity contribution in [2.45, 2.75) is 39.2 Å². The van der Waals surface area contributed by atoms with E-state index in [1.165, 1.54) is 0 Å². The van der Waals surface area contributed by atoms with Crippen LogP contribution in [0.2, 0.25) is 0 Å². The normalized spacial score (nSPS) is 18.8. The minimum Gasteiger partial charge on any atom is -0.356 e. The average molecular weight is 439 g/mol. The second kappa shape index (κ2) is 8.63. The zero-order valence-corrected chi connectivity index (χ0v) is 18.5. The lowest BCUT2D eigenvalue weighted by Crippen LogP contribution is -2.46. The largest absolute Gasteiger partial charge is 0.356 e. The molecule has 0 spiro atoms. The molecule has 1 aromatic heterocycles. The molecule has 0 unspecified atom stereocenters. The first kappa shape index (κ1) is 21.2. The molecule has 7 nitrogen and oxygen atoms in total. The summed E-state index contributed by atoms with van der Waals surface area (Å²) in [4.78, 5) is 18.6. The molecule has 2 aromatic rings. The summed E-state index contributed by atoms with van der Waals surface area (Å²) in [7, 11) is -3.73. The van der Waals surface area contributed by atoms with Gasteiger partial charge in [0.1, 0.15) is 10.7 Å². The van der Waals surface area contributed by atoms with Crippen LogP contribution in [-0.4, -0.2) is 49.2 Å². The molecule has 1 N–H and O–H groups in total. The number of likely N-dealkylation sites (tertiary alicyclic amines) is 1. The fourth-order valence-electron chi connectivity index (χ4n) is 4.08. The van der Waals surface area contributed by atoms with Gasteiger partial charge in [0, 0.05) is 42.7 Å². The molecule has 31 heavy (non-hydrogen) atoms. The van der Waals surface area contributed by atoms with Crippen LogP contribution in [0.5, 0.6) is 0 Å². The maximum Gasteiger partial charge on any atom is 0.285 e. The number of amidine groups is 1. The molecular formula is C23H26N4O3S. The molecule has 0 aliphatic carbocycles. The van der Waals surface area contributed by atoms with E-state index >= 15 is 0 Å². The zero-order valence-electron chi connectivity index (χ0n) is 17.7. The molecule has 2 aliphatic heterocycles. The van der Waals surface area contributed by atoms with Crippen LogP contribution in [-0.2, 0) is 16.4 Å². The average Bonchev–Trinajstić information content (AvgIpc) is 3.03. The number of piperidine rings is 1. The van der Waals surface area contributed by atoms with Crippen LogP contribution in [0.1, 0.15) is 48.2 Å². The van der Waals surface area contributed by atoms with Crippen molar-refractivity contribution in [3.63, 3.8) is 0 Å². The summed E-state index contributed by atoms with van der Waals surface area (Å²) >= 11 is 0. The lowest BCUT2D eigenvalue weighted by atomic mass is 10.0. The van der Waals surface area contributed by atoms with E-state index in [1.807, 2.05) is 36.1 Å². The van der Waals surface area contributed by atoms with Crippen molar-refractivity contribution in [1.29, 1.82) is 0 Å². The van der Waals surface area contributed by atoms with E-state index in [9.17, 15) is 13.2 Å². The molecule has 1 aromatic carbocycles. The smallest absolute Gasteiger partial charge is 0.285 e. The number of nitrogens with zero attached hydrogens (tertiary/aromatic N) is 3. The van der Waals surface area contributed by atoms with Gasteiger partial charge in [0.25, 0.3) is 15.9 Å². The number of pyridine rings is 1. The van der Waals surface area contributed by atoms with Crippen molar-refractivity contribution in [3.05, 3.63) is 71.1 Å². The first-order chi connectivity index (χ1) is 14.9. The first-order valence-electron chi connectivity index (χ1n) is 10.5. The third kappa shape index (κ3) is 4.39. The molecule has 0 radical (unpaired) electrons. The van der Waals surface area contributed by atoms with E-state index < -0.39 is 10.0 Å². The second-order valence-electron chi connectivity index (χ2n) is 7.87. The molecule has 0 atom stereocenters. The summed E-state index contributed by atoms with van der Waals surface area (Å²) in [6, 6.07) is 11.0. The zero-order chi connectivity index (χ0) is 22.0. The van der Waals surface area contributed by atoms with Crippen LogP contribution in [0, 0.1) is 0 Å². The van der Waals surface area contributed by atoms with Crippen LogP contribution in [0.3, 0.4) is 0 Å². The number of hydrogen-bond donors (Lipinski definition) is 1. The molecular weight excluding hydrogens is 412 g/mol. The monoisotopic (exact) mass is 438 g/mol. The van der Waals surface area contributed by atoms with Crippen molar-refractivity contribution in [2.24, 2.45) is 4.40 Å². The third-order valence-corrected chi connectivity index (χ3v) is 7.31. The number of aromatic nitrogens is 1. The Kier molecular flexibility index (Phi) is 5.91. The van der Waals surface area contributed by atoms with Crippen molar-refractivity contribution in [3.8, 4) is 0 Å². The number of benzene rings is 1. The third-order valence-electron chi connectivity index (χ3n) is 5.84. The Balaban J connectivity index is 1.45. The molecule has 0 saturated carbocycles. The highest BCUT2D eigenvalue weighted by Crippen LogP contribution is 2.34. The summed E-state index contributed by atoms with van der Waals surface area (Å²) in [5.74, 6) is 0.406. The Labute approximate surface area is 183 Å². The van der Waals surface area contributed by atoms with Gasteiger partial charge in [-0.05, 0) is 49.4 Å². The first-order valence-corrected chi connectivity index (χ1v) is 11.9. The molecule has 2 aliphatic rings. The van der Waals surface area contributed by atoms with Gasteiger partial charge in [-0.25, -0.2) is 0 Å². The van der Waals surface area contributed by atoms with E-state index in [2.05, 4.69) is 21.6 Å². The van der Waals surface area contributed by atoms with Gasteiger partial charge in [-0.15, -0.1) is 4.40 Å². The number of amides is 1. The molecule has 8 heteroatoms. The standard InChI is InChI=1S/C23H26N4O3S/c1-3-17-4-6-18(7-5-17)21-16(2)22(26-31(21,29)30)27-14-10-20(11-15-27)25-23(28)19-8-12-24-13-9-19/h4-9,12-13,20H,3,10-11,14-15H2,1-2H3,(H,25,28). The molecule has 4 rings (SSSR count). The van der Waals surface area contributed by atoms with Crippen molar-refractivity contribution >= 4 is 26.7 Å². The molecule has 1 fully saturated rings. The summed E-state index contributed by atoms with van der Waals surface area (Å²) in [6.07, 6.45) is 5.55. The highest BCUT2D eigenvalue weighted by molar-refractivity contribution is 8.00. The summed E-state index contributed by atoms with van der Waals surface area (Å²) < 4.78 is 29.7. The summed E-state index contributed by atoms with van der Waals surface area (Å²) in [5.41, 5.74) is 3.10. The van der Waals surface area contributed by atoms with Gasteiger partial charge in [-0.2, -0.15) is 8.42 Å². The molecule has 1 amide bonds. The molecule has 0 bridgehead atoms. The van der Waals surface area contributed by atoms with Gasteiger partial charge in [0.2, 0.25) is 0 Å². The van der Waals surface area contributed by atoms with Crippen LogP contribution < -0.4 is 5.32 Å². The van der Waals surface area contributed by atoms with Gasteiger partial charge in [0.15, 0.2) is 0 Å². The number of carbonyl (C=O) groups is 1. The van der Waals surface area contributed by atoms with E-state index in [4.69, 9.17) is 0 Å². The van der Waals surface area contributed by atoms with E-state index in [1.54, 1.807) is 24.5 Å². The lowest BCUT2D eigenvalue weighted by molar-refractivity contribution is 0.0922. The van der Waals surface area contributed by atoms with Crippen molar-refractivity contribution in [1.82, 2.24) is 15.2 Å². The Morgan fingerprint density at radius 2 is 1.74 bits per heavy atom. The number of nitrogens with one attached hydrogen (secondary N) is 1. The van der Waals surface area contributed by atoms with E-state index in [0.717, 1.165) is 24.8 Å². The minimum absolute atomic E-state index is 0.0425. The molecule has 3 heterocycles. The number of aryl methyl sites for hydroxylation is 1. The van der Waals surface area contributed by atoms with Crippen molar-refractivity contribution in [2.75, 3.05) is 13.1 Å². The topological polar surface area (TPSA) is 91.7 Å². The SMILES string of the molecule is CCc1ccc(C2=C(C)C(N3CCC(NC(=O)c4ccncc4)CC3)=NS2(=O)=O)cc1. The maximum absolute atomic E-state index is 12.8. The fourth-order valence-corrected chi connectivity index (χ4v) is 5.57. The number of carbonyl (C=O) groups excluding carboxylic acids is 1. The second-order valence-corrected chi connectivity index (χ2v) is 9.41. The molecule has 162 valence electrons. The fraction of sp³-hybridized carbons (Fsp3) is 0.348. The summed E-state index contributed by atoms with van der Waals surface area (Å²) in [6.45, 7) is 5.16. The predicted octanol–water partition coefficient (Wildman–Crippen LogP) is 3.01. The van der Waals surface area contributed by atoms with Gasteiger partial charge in [-0.1, -0.05) is 31.2 Å². The quantitative estimate of drug-likeness (QED) is 0.792. The van der Waals surface area contributed by atoms with Gasteiger partial charge >= 0.3 is 0 Å². The Morgan fingerprint density at radius 1 is 1.10 bits per heavy atom. The highest BCUT2D eigenvalue weighted by Gasteiger charge is 2.35. The Hall–Kier alpha value is -3.00. The van der Waals surface area contributed by atoms with Gasteiger partial charge in [-0.3, -0.25) is 9.78 Å². The summed E-state index contributed by atoms with van der Waals surface area (Å²) in [5, 5.41) is 3.06. The predicted molar refractivity (Wildman–Crippen MR) is 121 cm³/mol. The van der Waals surface area contributed by atoms with Crippen LogP contribution in [0.15, 0.2) is 58.8 Å². The van der Waals surface area contributed by atoms with Gasteiger partial charge < -0.3 is 10.2 Å². The lowest BCUT2D eigenvalue weighted by Gasteiger charge is -2.33. The highest BCUT2D eigenvalue weighted by atomic mass is 32.2. The Bertz CT molecular complexity index is 1130. The van der Waals surface area contributed by atoms with E-state index in [0.29, 0.717) is 40.5 Å². The molecule has 1 saturated heterocycles. The van der Waals surface area contributed by atoms with Crippen molar-refractivity contribution < 1.29 is 13.2 Å². The number of hydrogen-bond acceptors (Lipinski definition) is 5. The van der Waals surface area contributed by atoms with Gasteiger partial charge in [0.05, 0.1) is 0 Å². The van der Waals surface area contributed by atoms with Crippen LogP contribution >= 0.6 is 0 Å². The number of rotatable bonds is 4. The maximum atomic E-state index is 12.8. The van der Waals surface area contributed by atoms with E-state index in [-0.39, 0.29) is 11.9 Å². The number of sulfonamides is 1. The van der Waals surface area contributed by atoms with Crippen LogP contribution in [0.4, 0.5) is 0 Å². The minimum atomic E-state index is -3.73.